The first-order valence-corrected chi connectivity index (χ1v) is 5.02. The summed E-state index contributed by atoms with van der Waals surface area (Å²) in [7, 11) is 0. The Morgan fingerprint density at radius 2 is 2.40 bits per heavy atom. The highest BCUT2D eigenvalue weighted by molar-refractivity contribution is 5.61. The maximum atomic E-state index is 11.3. The number of nitrogen functional groups attached to an aromatic ring is 1. The molecular formula is C9H15N5O. The number of aromatic nitrogens is 2. The highest BCUT2D eigenvalue weighted by atomic mass is 16.1. The highest BCUT2D eigenvalue weighted by Gasteiger charge is 2.20. The van der Waals surface area contributed by atoms with Crippen LogP contribution >= 0.6 is 0 Å². The molecule has 1 fully saturated rings. The summed E-state index contributed by atoms with van der Waals surface area (Å²) in [6.45, 7) is 1.56. The molecule has 1 aliphatic heterocycles. The molecule has 0 amide bonds. The molecule has 6 heteroatoms. The second-order valence-electron chi connectivity index (χ2n) is 3.82. The second-order valence-corrected chi connectivity index (χ2v) is 3.82. The average molecular weight is 209 g/mol. The van der Waals surface area contributed by atoms with Gasteiger partial charge in [-0.15, -0.1) is 0 Å². The van der Waals surface area contributed by atoms with Crippen LogP contribution in [0.15, 0.2) is 11.1 Å². The van der Waals surface area contributed by atoms with Crippen molar-refractivity contribution in [1.29, 1.82) is 0 Å². The van der Waals surface area contributed by atoms with Gasteiger partial charge < -0.3 is 21.4 Å². The third-order valence-corrected chi connectivity index (χ3v) is 2.63. The van der Waals surface area contributed by atoms with E-state index in [0.29, 0.717) is 12.4 Å². The van der Waals surface area contributed by atoms with Crippen LogP contribution in [0.1, 0.15) is 12.8 Å². The van der Waals surface area contributed by atoms with Crippen molar-refractivity contribution in [2.24, 2.45) is 5.73 Å². The van der Waals surface area contributed by atoms with Crippen molar-refractivity contribution >= 4 is 11.5 Å². The van der Waals surface area contributed by atoms with E-state index in [1.165, 1.54) is 6.33 Å². The van der Waals surface area contributed by atoms with Crippen molar-refractivity contribution in [3.63, 3.8) is 0 Å². The van der Waals surface area contributed by atoms with Crippen molar-refractivity contribution in [3.05, 3.63) is 16.7 Å². The molecule has 2 heterocycles. The number of nitrogens with two attached hydrogens (primary N) is 2. The van der Waals surface area contributed by atoms with Crippen molar-refractivity contribution < 1.29 is 0 Å². The number of nitrogens with one attached hydrogen (secondary N) is 1. The lowest BCUT2D eigenvalue weighted by atomic mass is 10.1. The van der Waals surface area contributed by atoms with Crippen molar-refractivity contribution in [2.75, 3.05) is 23.7 Å². The molecule has 0 radical (unpaired) electrons. The normalized spacial score (nSPS) is 21.7. The van der Waals surface area contributed by atoms with Crippen LogP contribution in [0, 0.1) is 0 Å². The van der Waals surface area contributed by atoms with Gasteiger partial charge in [-0.3, -0.25) is 4.79 Å². The maximum absolute atomic E-state index is 11.3. The summed E-state index contributed by atoms with van der Waals surface area (Å²) in [5.41, 5.74) is 11.4. The Kier molecular flexibility index (Phi) is 2.59. The maximum Gasteiger partial charge on any atom is 0.276 e. The summed E-state index contributed by atoms with van der Waals surface area (Å²) in [4.78, 5) is 19.8. The van der Waals surface area contributed by atoms with Crippen molar-refractivity contribution in [2.45, 2.75) is 18.9 Å². The van der Waals surface area contributed by atoms with Gasteiger partial charge in [0.15, 0.2) is 5.82 Å². The summed E-state index contributed by atoms with van der Waals surface area (Å²) < 4.78 is 0. The van der Waals surface area contributed by atoms with Gasteiger partial charge >= 0.3 is 0 Å². The number of piperidine rings is 1. The van der Waals surface area contributed by atoms with Gasteiger partial charge in [-0.25, -0.2) is 4.98 Å². The zero-order valence-electron chi connectivity index (χ0n) is 8.44. The van der Waals surface area contributed by atoms with E-state index in [2.05, 4.69) is 9.97 Å². The lowest BCUT2D eigenvalue weighted by molar-refractivity contribution is 0.503. The number of rotatable bonds is 1. The number of hydrogen-bond donors (Lipinski definition) is 3. The zero-order chi connectivity index (χ0) is 10.8. The van der Waals surface area contributed by atoms with Gasteiger partial charge in [0.2, 0.25) is 0 Å². The molecule has 0 bridgehead atoms. The molecule has 1 aromatic heterocycles. The van der Waals surface area contributed by atoms with Gasteiger partial charge in [0.05, 0.1) is 6.33 Å². The highest BCUT2D eigenvalue weighted by Crippen LogP contribution is 2.19. The number of nitrogens with zero attached hydrogens (tertiary/aromatic N) is 2. The lowest BCUT2D eigenvalue weighted by Crippen LogP contribution is -2.44. The van der Waals surface area contributed by atoms with Gasteiger partial charge in [-0.2, -0.15) is 0 Å². The summed E-state index contributed by atoms with van der Waals surface area (Å²) in [6, 6.07) is 0.138. The summed E-state index contributed by atoms with van der Waals surface area (Å²) in [5.74, 6) is 0.550. The van der Waals surface area contributed by atoms with E-state index in [4.69, 9.17) is 11.5 Å². The Bertz CT molecular complexity index is 402. The lowest BCUT2D eigenvalue weighted by Gasteiger charge is -2.31. The largest absolute Gasteiger partial charge is 0.391 e. The first kappa shape index (κ1) is 9.97. The van der Waals surface area contributed by atoms with Gasteiger partial charge in [-0.05, 0) is 12.8 Å². The summed E-state index contributed by atoms with van der Waals surface area (Å²) in [6.07, 6.45) is 3.39. The fourth-order valence-corrected chi connectivity index (χ4v) is 1.86. The molecule has 2 rings (SSSR count). The minimum atomic E-state index is -0.292. The van der Waals surface area contributed by atoms with Crippen molar-refractivity contribution in [3.8, 4) is 0 Å². The number of anilines is 2. The van der Waals surface area contributed by atoms with Crippen LogP contribution in [0.2, 0.25) is 0 Å². The van der Waals surface area contributed by atoms with E-state index >= 15 is 0 Å². The van der Waals surface area contributed by atoms with E-state index < -0.39 is 0 Å². The molecule has 1 atom stereocenters. The minimum Gasteiger partial charge on any atom is -0.391 e. The van der Waals surface area contributed by atoms with Crippen LogP contribution in [0.4, 0.5) is 11.5 Å². The van der Waals surface area contributed by atoms with Gasteiger partial charge in [-0.1, -0.05) is 0 Å². The third kappa shape index (κ3) is 1.94. The SMILES string of the molecule is Nc1c(N2CCCC(N)C2)nc[nH]c1=O. The van der Waals surface area contributed by atoms with E-state index in [9.17, 15) is 4.79 Å². The molecule has 5 N–H and O–H groups in total. The molecule has 15 heavy (non-hydrogen) atoms. The van der Waals surface area contributed by atoms with Crippen LogP contribution in [-0.4, -0.2) is 29.1 Å². The fourth-order valence-electron chi connectivity index (χ4n) is 1.86. The van der Waals surface area contributed by atoms with E-state index in [1.54, 1.807) is 0 Å². The minimum absolute atomic E-state index is 0.138. The molecule has 1 aromatic rings. The molecule has 1 saturated heterocycles. The standard InChI is InChI=1S/C9H15N5O/c10-6-2-1-3-14(4-6)8-7(11)9(15)13-5-12-8/h5-6H,1-4,10-11H2,(H,12,13,15). The van der Waals surface area contributed by atoms with Crippen LogP contribution in [0.3, 0.4) is 0 Å². The smallest absolute Gasteiger partial charge is 0.276 e. The number of aromatic amines is 1. The molecule has 0 spiro atoms. The summed E-state index contributed by atoms with van der Waals surface area (Å²) in [5, 5.41) is 0. The quantitative estimate of drug-likeness (QED) is 0.566. The van der Waals surface area contributed by atoms with Crippen molar-refractivity contribution in [1.82, 2.24) is 9.97 Å². The molecule has 0 saturated carbocycles. The molecule has 1 aliphatic rings. The van der Waals surface area contributed by atoms with E-state index in [-0.39, 0.29) is 17.3 Å². The molecule has 1 unspecified atom stereocenters. The Labute approximate surface area is 87.3 Å². The Morgan fingerprint density at radius 3 is 3.13 bits per heavy atom. The van der Waals surface area contributed by atoms with E-state index in [1.807, 2.05) is 4.90 Å². The fraction of sp³-hybridized carbons (Fsp3) is 0.556. The zero-order valence-corrected chi connectivity index (χ0v) is 8.44. The van der Waals surface area contributed by atoms with Crippen LogP contribution < -0.4 is 21.9 Å². The predicted molar refractivity (Wildman–Crippen MR) is 58.7 cm³/mol. The monoisotopic (exact) mass is 209 g/mol. The Morgan fingerprint density at radius 1 is 1.60 bits per heavy atom. The topological polar surface area (TPSA) is 101 Å². The van der Waals surface area contributed by atoms with Crippen LogP contribution in [0.5, 0.6) is 0 Å². The van der Waals surface area contributed by atoms with Crippen LogP contribution in [-0.2, 0) is 0 Å². The Hall–Kier alpha value is -1.56. The number of H-pyrrole nitrogens is 1. The van der Waals surface area contributed by atoms with Gasteiger partial charge in [0, 0.05) is 19.1 Å². The summed E-state index contributed by atoms with van der Waals surface area (Å²) >= 11 is 0. The van der Waals surface area contributed by atoms with Gasteiger partial charge in [0.25, 0.3) is 5.56 Å². The third-order valence-electron chi connectivity index (χ3n) is 2.63. The molecule has 0 aromatic carbocycles. The average Bonchev–Trinajstić information content (AvgIpc) is 2.22. The van der Waals surface area contributed by atoms with E-state index in [0.717, 1.165) is 19.4 Å². The second kappa shape index (κ2) is 3.90. The Balaban J connectivity index is 2.28. The molecule has 82 valence electrons. The molecular weight excluding hydrogens is 194 g/mol. The molecule has 6 nitrogen and oxygen atoms in total. The predicted octanol–water partition coefficient (Wildman–Crippen LogP) is -0.720. The van der Waals surface area contributed by atoms with Crippen LogP contribution in [0.25, 0.3) is 0 Å². The van der Waals surface area contributed by atoms with Gasteiger partial charge in [0.1, 0.15) is 5.69 Å². The molecule has 0 aliphatic carbocycles. The first-order valence-electron chi connectivity index (χ1n) is 5.02. The first-order chi connectivity index (χ1) is 7.18. The number of hydrogen-bond acceptors (Lipinski definition) is 5.